The number of nitrogens with one attached hydrogen (secondary N) is 2. The molecule has 2 aromatic rings. The molecule has 0 amide bonds. The Kier molecular flexibility index (Phi) is 3.73. The van der Waals surface area contributed by atoms with Crippen LogP contribution >= 0.6 is 12.2 Å². The minimum Gasteiger partial charge on any atom is -0.300 e. The first-order valence-corrected chi connectivity index (χ1v) is 5.84. The molecule has 2 nitrogen and oxygen atoms in total. The molecule has 0 unspecified atom stereocenters. The fraction of sp³-hybridized carbons (Fsp3) is 0.0714. The molecule has 0 saturated carbocycles. The molecular weight excluding hydrogens is 228 g/mol. The Balaban J connectivity index is 1.95. The van der Waals surface area contributed by atoms with Crippen molar-refractivity contribution in [2.75, 3.05) is 5.43 Å². The second kappa shape index (κ2) is 5.46. The predicted octanol–water partition coefficient (Wildman–Crippen LogP) is 3.29. The maximum Gasteiger partial charge on any atom is 0.125 e. The molecule has 86 valence electrons. The quantitative estimate of drug-likeness (QED) is 0.638. The number of hydrogen-bond donors (Lipinski definition) is 2. The van der Waals surface area contributed by atoms with Gasteiger partial charge in [0.25, 0.3) is 0 Å². The van der Waals surface area contributed by atoms with Gasteiger partial charge in [-0.2, -0.15) is 0 Å². The molecular formula is C14H14N2S. The van der Waals surface area contributed by atoms with Crippen LogP contribution in [0.2, 0.25) is 0 Å². The summed E-state index contributed by atoms with van der Waals surface area (Å²) in [5, 5.41) is 0. The van der Waals surface area contributed by atoms with Gasteiger partial charge in [0.2, 0.25) is 0 Å². The zero-order valence-corrected chi connectivity index (χ0v) is 10.4. The van der Waals surface area contributed by atoms with Crippen LogP contribution in [0.25, 0.3) is 0 Å². The SMILES string of the molecule is Cc1ccc(NNC(=S)c2ccccc2)cc1. The van der Waals surface area contributed by atoms with E-state index >= 15 is 0 Å². The van der Waals surface area contributed by atoms with Crippen molar-refractivity contribution in [1.82, 2.24) is 5.43 Å². The molecule has 0 saturated heterocycles. The lowest BCUT2D eigenvalue weighted by Crippen LogP contribution is -2.28. The largest absolute Gasteiger partial charge is 0.300 e. The van der Waals surface area contributed by atoms with E-state index in [1.807, 2.05) is 42.5 Å². The number of hydrogen-bond acceptors (Lipinski definition) is 2. The predicted molar refractivity (Wildman–Crippen MR) is 76.1 cm³/mol. The third-order valence-electron chi connectivity index (χ3n) is 2.41. The summed E-state index contributed by atoms with van der Waals surface area (Å²) in [6.45, 7) is 2.06. The Labute approximate surface area is 107 Å². The lowest BCUT2D eigenvalue weighted by Gasteiger charge is -2.10. The molecule has 2 N–H and O–H groups in total. The van der Waals surface area contributed by atoms with E-state index in [4.69, 9.17) is 12.2 Å². The summed E-state index contributed by atoms with van der Waals surface area (Å²) in [6.07, 6.45) is 0. The summed E-state index contributed by atoms with van der Waals surface area (Å²) in [5.74, 6) is 0. The van der Waals surface area contributed by atoms with Crippen molar-refractivity contribution in [3.05, 3.63) is 65.7 Å². The van der Waals surface area contributed by atoms with Crippen molar-refractivity contribution in [2.45, 2.75) is 6.92 Å². The number of hydrazine groups is 1. The van der Waals surface area contributed by atoms with Gasteiger partial charge in [-0.05, 0) is 19.1 Å². The van der Waals surface area contributed by atoms with Gasteiger partial charge in [0.15, 0.2) is 0 Å². The van der Waals surface area contributed by atoms with E-state index in [1.54, 1.807) is 0 Å². The zero-order chi connectivity index (χ0) is 12.1. The molecule has 0 spiro atoms. The molecule has 17 heavy (non-hydrogen) atoms. The van der Waals surface area contributed by atoms with Gasteiger partial charge in [-0.3, -0.25) is 5.43 Å². The Morgan fingerprint density at radius 3 is 2.24 bits per heavy atom. The summed E-state index contributed by atoms with van der Waals surface area (Å²) in [6, 6.07) is 18.0. The van der Waals surface area contributed by atoms with Crippen LogP contribution in [0.5, 0.6) is 0 Å². The van der Waals surface area contributed by atoms with Gasteiger partial charge >= 0.3 is 0 Å². The summed E-state index contributed by atoms with van der Waals surface area (Å²) in [5.41, 5.74) is 9.33. The highest BCUT2D eigenvalue weighted by molar-refractivity contribution is 7.80. The Morgan fingerprint density at radius 1 is 0.941 bits per heavy atom. The van der Waals surface area contributed by atoms with E-state index < -0.39 is 0 Å². The molecule has 0 atom stereocenters. The molecule has 0 aliphatic heterocycles. The summed E-state index contributed by atoms with van der Waals surface area (Å²) >= 11 is 5.27. The van der Waals surface area contributed by atoms with Crippen molar-refractivity contribution in [1.29, 1.82) is 0 Å². The van der Waals surface area contributed by atoms with E-state index in [0.29, 0.717) is 4.99 Å². The van der Waals surface area contributed by atoms with Gasteiger partial charge in [0, 0.05) is 5.56 Å². The number of benzene rings is 2. The standard InChI is InChI=1S/C14H14N2S/c1-11-7-9-13(10-8-11)15-16-14(17)12-5-3-2-4-6-12/h2-10,15H,1H3,(H,16,17). The van der Waals surface area contributed by atoms with Crippen LogP contribution in [0.15, 0.2) is 54.6 Å². The van der Waals surface area contributed by atoms with Crippen molar-refractivity contribution in [3.8, 4) is 0 Å². The first kappa shape index (κ1) is 11.6. The van der Waals surface area contributed by atoms with Gasteiger partial charge in [-0.1, -0.05) is 60.2 Å². The monoisotopic (exact) mass is 242 g/mol. The summed E-state index contributed by atoms with van der Waals surface area (Å²) < 4.78 is 0. The van der Waals surface area contributed by atoms with E-state index in [0.717, 1.165) is 11.3 Å². The highest BCUT2D eigenvalue weighted by atomic mass is 32.1. The second-order valence-electron chi connectivity index (χ2n) is 3.81. The highest BCUT2D eigenvalue weighted by Crippen LogP contribution is 2.07. The van der Waals surface area contributed by atoms with Crippen LogP contribution in [0.3, 0.4) is 0 Å². The smallest absolute Gasteiger partial charge is 0.125 e. The van der Waals surface area contributed by atoms with Crippen LogP contribution in [-0.2, 0) is 0 Å². The molecule has 2 aromatic carbocycles. The maximum atomic E-state index is 5.27. The average molecular weight is 242 g/mol. The molecule has 3 heteroatoms. The van der Waals surface area contributed by atoms with Gasteiger partial charge in [0.1, 0.15) is 4.99 Å². The molecule has 2 rings (SSSR count). The molecule has 0 aliphatic carbocycles. The molecule has 0 fully saturated rings. The van der Waals surface area contributed by atoms with Crippen LogP contribution in [0.1, 0.15) is 11.1 Å². The molecule has 0 aliphatic rings. The minimum atomic E-state index is 0.686. The van der Waals surface area contributed by atoms with Gasteiger partial charge in [-0.25, -0.2) is 0 Å². The van der Waals surface area contributed by atoms with Crippen molar-refractivity contribution < 1.29 is 0 Å². The number of thiocarbonyl (C=S) groups is 1. The molecule has 0 aromatic heterocycles. The third kappa shape index (κ3) is 3.29. The van der Waals surface area contributed by atoms with E-state index in [-0.39, 0.29) is 0 Å². The van der Waals surface area contributed by atoms with Crippen molar-refractivity contribution in [3.63, 3.8) is 0 Å². The maximum absolute atomic E-state index is 5.27. The number of aryl methyl sites for hydroxylation is 1. The lowest BCUT2D eigenvalue weighted by molar-refractivity contribution is 1.14. The first-order valence-electron chi connectivity index (χ1n) is 5.44. The zero-order valence-electron chi connectivity index (χ0n) is 9.60. The van der Waals surface area contributed by atoms with Gasteiger partial charge in [-0.15, -0.1) is 0 Å². The van der Waals surface area contributed by atoms with Crippen LogP contribution < -0.4 is 10.9 Å². The normalized spacial score (nSPS) is 9.71. The van der Waals surface area contributed by atoms with E-state index in [9.17, 15) is 0 Å². The fourth-order valence-electron chi connectivity index (χ4n) is 1.43. The minimum absolute atomic E-state index is 0.686. The summed E-state index contributed by atoms with van der Waals surface area (Å²) in [4.78, 5) is 0.686. The Morgan fingerprint density at radius 2 is 1.59 bits per heavy atom. The van der Waals surface area contributed by atoms with E-state index in [2.05, 4.69) is 29.9 Å². The Hall–Kier alpha value is -1.87. The molecule has 0 heterocycles. The van der Waals surface area contributed by atoms with Gasteiger partial charge < -0.3 is 5.43 Å². The van der Waals surface area contributed by atoms with Crippen LogP contribution in [-0.4, -0.2) is 4.99 Å². The number of rotatable bonds is 3. The summed E-state index contributed by atoms with van der Waals surface area (Å²) in [7, 11) is 0. The van der Waals surface area contributed by atoms with Crippen molar-refractivity contribution >= 4 is 22.9 Å². The Bertz CT molecular complexity index is 491. The number of anilines is 1. The lowest BCUT2D eigenvalue weighted by atomic mass is 10.2. The van der Waals surface area contributed by atoms with Gasteiger partial charge in [0.05, 0.1) is 5.69 Å². The molecule has 0 radical (unpaired) electrons. The third-order valence-corrected chi connectivity index (χ3v) is 2.75. The van der Waals surface area contributed by atoms with E-state index in [1.165, 1.54) is 5.56 Å². The first-order chi connectivity index (χ1) is 8.25. The second-order valence-corrected chi connectivity index (χ2v) is 4.22. The fourth-order valence-corrected chi connectivity index (χ4v) is 1.61. The molecule has 0 bridgehead atoms. The van der Waals surface area contributed by atoms with Crippen LogP contribution in [0.4, 0.5) is 5.69 Å². The van der Waals surface area contributed by atoms with Crippen molar-refractivity contribution in [2.24, 2.45) is 0 Å². The highest BCUT2D eigenvalue weighted by Gasteiger charge is 1.98. The van der Waals surface area contributed by atoms with Crippen LogP contribution in [0, 0.1) is 6.92 Å². The average Bonchev–Trinajstić information content (AvgIpc) is 2.39. The topological polar surface area (TPSA) is 24.1 Å².